The zero-order valence-corrected chi connectivity index (χ0v) is 19.0. The van der Waals surface area contributed by atoms with Gasteiger partial charge in [-0.3, -0.25) is 4.90 Å². The fourth-order valence-electron chi connectivity index (χ4n) is 5.17. The van der Waals surface area contributed by atoms with Gasteiger partial charge in [-0.2, -0.15) is 15.8 Å². The number of nitrogens with zero attached hydrogens (tertiary/aromatic N) is 4. The van der Waals surface area contributed by atoms with E-state index in [1.807, 2.05) is 30.3 Å². The molecule has 0 spiro atoms. The zero-order chi connectivity index (χ0) is 23.6. The third-order valence-corrected chi connectivity index (χ3v) is 6.95. The van der Waals surface area contributed by atoms with Crippen LogP contribution in [0.4, 0.5) is 0 Å². The van der Waals surface area contributed by atoms with Gasteiger partial charge in [0.05, 0.1) is 23.4 Å². The van der Waals surface area contributed by atoms with Crippen LogP contribution in [0, 0.1) is 45.3 Å². The van der Waals surface area contributed by atoms with Gasteiger partial charge >= 0.3 is 0 Å². The van der Waals surface area contributed by atoms with Crippen LogP contribution in [-0.4, -0.2) is 18.0 Å². The van der Waals surface area contributed by atoms with Gasteiger partial charge in [-0.05, 0) is 28.2 Å². The number of benzene rings is 2. The van der Waals surface area contributed by atoms with E-state index in [2.05, 4.69) is 67.3 Å². The second-order valence-corrected chi connectivity index (χ2v) is 9.18. The van der Waals surface area contributed by atoms with Gasteiger partial charge in [-0.15, -0.1) is 0 Å². The van der Waals surface area contributed by atoms with Crippen LogP contribution in [0.15, 0.2) is 77.5 Å². The molecule has 1 aliphatic heterocycles. The summed E-state index contributed by atoms with van der Waals surface area (Å²) in [6.07, 6.45) is 2.05. The summed E-state index contributed by atoms with van der Waals surface area (Å²) in [6.45, 7) is 6.35. The summed E-state index contributed by atoms with van der Waals surface area (Å²) in [4.78, 5) is 2.30. The van der Waals surface area contributed by atoms with E-state index >= 15 is 0 Å². The maximum Gasteiger partial charge on any atom is 0.191 e. The van der Waals surface area contributed by atoms with E-state index in [0.29, 0.717) is 19.0 Å². The Balaban J connectivity index is 1.83. The Kier molecular flexibility index (Phi) is 6.06. The Morgan fingerprint density at radius 1 is 1.03 bits per heavy atom. The first-order valence-corrected chi connectivity index (χ1v) is 11.2. The smallest absolute Gasteiger partial charge is 0.191 e. The standard InChI is InChI=1S/C28H27N5/c1-19(2)21-8-10-22(11-9-21)26-25-16-33(15-20-6-4-3-5-7-20)13-12-23(25)24(14-29)27(32)28(26,17-30)18-31/h3-12,19,25-26H,13,15-16,32H2,1-2H3. The number of nitrogens with two attached hydrogens (primary N) is 1. The normalized spacial score (nSPS) is 22.0. The number of allylic oxidation sites excluding steroid dienone is 2. The predicted molar refractivity (Wildman–Crippen MR) is 127 cm³/mol. The van der Waals surface area contributed by atoms with E-state index in [9.17, 15) is 15.8 Å². The largest absolute Gasteiger partial charge is 0.399 e. The molecular weight excluding hydrogens is 406 g/mol. The molecule has 2 N–H and O–H groups in total. The van der Waals surface area contributed by atoms with Crippen molar-refractivity contribution in [1.29, 1.82) is 15.8 Å². The van der Waals surface area contributed by atoms with Crippen LogP contribution >= 0.6 is 0 Å². The van der Waals surface area contributed by atoms with Gasteiger partial charge in [-0.1, -0.05) is 74.5 Å². The van der Waals surface area contributed by atoms with E-state index in [1.54, 1.807) is 0 Å². The van der Waals surface area contributed by atoms with Gasteiger partial charge in [0.1, 0.15) is 6.07 Å². The number of fused-ring (bicyclic) bond motifs is 1. The summed E-state index contributed by atoms with van der Waals surface area (Å²) < 4.78 is 0. The molecule has 0 saturated carbocycles. The van der Waals surface area contributed by atoms with Crippen molar-refractivity contribution in [3.63, 3.8) is 0 Å². The first-order valence-electron chi connectivity index (χ1n) is 11.2. The van der Waals surface area contributed by atoms with Crippen molar-refractivity contribution in [3.05, 3.63) is 94.2 Å². The Morgan fingerprint density at radius 2 is 1.70 bits per heavy atom. The minimum Gasteiger partial charge on any atom is -0.399 e. The van der Waals surface area contributed by atoms with Gasteiger partial charge in [0.2, 0.25) is 0 Å². The van der Waals surface area contributed by atoms with E-state index in [4.69, 9.17) is 5.73 Å². The molecular formula is C28H27N5. The molecule has 164 valence electrons. The highest BCUT2D eigenvalue weighted by molar-refractivity contribution is 5.59. The van der Waals surface area contributed by atoms with E-state index < -0.39 is 11.3 Å². The van der Waals surface area contributed by atoms with Crippen LogP contribution in [0.3, 0.4) is 0 Å². The number of hydrogen-bond donors (Lipinski definition) is 1. The van der Waals surface area contributed by atoms with Crippen molar-refractivity contribution in [2.75, 3.05) is 13.1 Å². The van der Waals surface area contributed by atoms with E-state index in [1.165, 1.54) is 11.1 Å². The maximum atomic E-state index is 10.3. The monoisotopic (exact) mass is 433 g/mol. The number of rotatable bonds is 4. The molecule has 0 bridgehead atoms. The summed E-state index contributed by atoms with van der Waals surface area (Å²) in [5.74, 6) is -0.270. The lowest BCUT2D eigenvalue weighted by Gasteiger charge is -2.45. The molecule has 5 nitrogen and oxygen atoms in total. The average molecular weight is 434 g/mol. The van der Waals surface area contributed by atoms with Crippen LogP contribution in [-0.2, 0) is 6.54 Å². The maximum absolute atomic E-state index is 10.3. The lowest BCUT2D eigenvalue weighted by Crippen LogP contribution is -2.47. The van der Waals surface area contributed by atoms with Gasteiger partial charge in [0, 0.05) is 31.5 Å². The molecule has 2 aliphatic rings. The third kappa shape index (κ3) is 3.80. The second-order valence-electron chi connectivity index (χ2n) is 9.18. The molecule has 5 heteroatoms. The molecule has 2 aromatic rings. The minimum atomic E-state index is -1.60. The van der Waals surface area contributed by atoms with Crippen molar-refractivity contribution in [3.8, 4) is 18.2 Å². The van der Waals surface area contributed by atoms with Gasteiger partial charge < -0.3 is 5.73 Å². The lowest BCUT2D eigenvalue weighted by atomic mass is 9.58. The van der Waals surface area contributed by atoms with Crippen LogP contribution in [0.2, 0.25) is 0 Å². The SMILES string of the molecule is CC(C)c1ccc(C2C3CN(Cc4ccccc4)CC=C3C(C#N)=C(N)C2(C#N)C#N)cc1. The fraction of sp³-hybridized carbons (Fsp3) is 0.321. The molecule has 1 aliphatic carbocycles. The Morgan fingerprint density at radius 3 is 2.27 bits per heavy atom. The zero-order valence-electron chi connectivity index (χ0n) is 19.0. The molecule has 4 rings (SSSR count). The van der Waals surface area contributed by atoms with Gasteiger partial charge in [0.15, 0.2) is 5.41 Å². The lowest BCUT2D eigenvalue weighted by molar-refractivity contribution is 0.201. The summed E-state index contributed by atoms with van der Waals surface area (Å²) in [7, 11) is 0. The molecule has 0 fully saturated rings. The highest BCUT2D eigenvalue weighted by Crippen LogP contribution is 2.54. The van der Waals surface area contributed by atoms with Crippen LogP contribution < -0.4 is 5.73 Å². The van der Waals surface area contributed by atoms with Gasteiger partial charge in [-0.25, -0.2) is 0 Å². The third-order valence-electron chi connectivity index (χ3n) is 6.95. The fourth-order valence-corrected chi connectivity index (χ4v) is 5.17. The molecule has 0 saturated heterocycles. The average Bonchev–Trinajstić information content (AvgIpc) is 2.84. The van der Waals surface area contributed by atoms with Crippen molar-refractivity contribution in [1.82, 2.24) is 4.90 Å². The minimum absolute atomic E-state index is 0.0759. The van der Waals surface area contributed by atoms with Crippen molar-refractivity contribution in [2.45, 2.75) is 32.2 Å². The molecule has 2 aromatic carbocycles. The van der Waals surface area contributed by atoms with Crippen LogP contribution in [0.1, 0.15) is 42.4 Å². The number of hydrogen-bond acceptors (Lipinski definition) is 5. The molecule has 0 amide bonds. The highest BCUT2D eigenvalue weighted by Gasteiger charge is 2.54. The molecule has 1 heterocycles. The first-order chi connectivity index (χ1) is 15.9. The summed E-state index contributed by atoms with van der Waals surface area (Å²) in [6, 6.07) is 25.0. The highest BCUT2D eigenvalue weighted by atomic mass is 15.1. The molecule has 2 atom stereocenters. The van der Waals surface area contributed by atoms with E-state index in [-0.39, 0.29) is 17.2 Å². The second kappa shape index (κ2) is 8.95. The van der Waals surface area contributed by atoms with Crippen LogP contribution in [0.25, 0.3) is 0 Å². The summed E-state index contributed by atoms with van der Waals surface area (Å²) in [5.41, 5.74) is 9.35. The molecule has 2 unspecified atom stereocenters. The Bertz CT molecular complexity index is 1200. The predicted octanol–water partition coefficient (Wildman–Crippen LogP) is 4.74. The Hall–Kier alpha value is -3.85. The molecule has 33 heavy (non-hydrogen) atoms. The van der Waals surface area contributed by atoms with Crippen molar-refractivity contribution in [2.24, 2.45) is 17.1 Å². The van der Waals surface area contributed by atoms with Crippen molar-refractivity contribution >= 4 is 0 Å². The molecule has 0 radical (unpaired) electrons. The topological polar surface area (TPSA) is 101 Å². The number of nitriles is 3. The van der Waals surface area contributed by atoms with E-state index in [0.717, 1.165) is 17.7 Å². The Labute approximate surface area is 195 Å². The summed E-state index contributed by atoms with van der Waals surface area (Å²) >= 11 is 0. The van der Waals surface area contributed by atoms with Crippen molar-refractivity contribution < 1.29 is 0 Å². The quantitative estimate of drug-likeness (QED) is 0.751. The first kappa shape index (κ1) is 22.3. The van der Waals surface area contributed by atoms with Gasteiger partial charge in [0.25, 0.3) is 0 Å². The van der Waals surface area contributed by atoms with Crippen LogP contribution in [0.5, 0.6) is 0 Å². The molecule has 0 aromatic heterocycles. The summed E-state index contributed by atoms with van der Waals surface area (Å²) in [5, 5.41) is 30.4.